The first kappa shape index (κ1) is 25.7. The summed E-state index contributed by atoms with van der Waals surface area (Å²) >= 11 is 0. The largest absolute Gasteiger partial charge is 0.309 e. The van der Waals surface area contributed by atoms with Gasteiger partial charge in [0.05, 0.1) is 44.7 Å². The molecule has 0 saturated heterocycles. The quantitative estimate of drug-likeness (QED) is 0.199. The highest BCUT2D eigenvalue weighted by Gasteiger charge is 2.22. The van der Waals surface area contributed by atoms with E-state index < -0.39 is 0 Å². The number of aromatic nitrogens is 3. The molecule has 4 heteroatoms. The molecule has 4 nitrogen and oxygen atoms in total. The summed E-state index contributed by atoms with van der Waals surface area (Å²) in [5.41, 5.74) is 10.8. The molecule has 10 rings (SSSR count). The van der Waals surface area contributed by atoms with E-state index >= 15 is 0 Å². The lowest BCUT2D eigenvalue weighted by molar-refractivity contribution is 1.15. The minimum Gasteiger partial charge on any atom is -0.309 e. The van der Waals surface area contributed by atoms with Crippen molar-refractivity contribution in [3.05, 3.63) is 163 Å². The van der Waals surface area contributed by atoms with Crippen LogP contribution >= 0.6 is 0 Å². The fourth-order valence-corrected chi connectivity index (χ4v) is 7.71. The summed E-state index contributed by atoms with van der Waals surface area (Å²) < 4.78 is 7.11. The van der Waals surface area contributed by atoms with E-state index in [1.807, 2.05) is 6.07 Å². The standard InChI is InChI=1S/C43H26N4/c44-27-28-19-23-39-36(25-28)42-40(24-22-35-33-16-8-10-18-38(33)47(43(35)42)30-13-5-2-6-14-30)46(39)31-20-21-34-32-15-7-9-17-37(32)45(41(34)26-31)29-11-3-1-4-12-29/h1-26H. The van der Waals surface area contributed by atoms with Crippen LogP contribution in [-0.4, -0.2) is 13.7 Å². The van der Waals surface area contributed by atoms with Gasteiger partial charge in [-0.2, -0.15) is 5.26 Å². The van der Waals surface area contributed by atoms with E-state index in [-0.39, 0.29) is 0 Å². The second-order valence-corrected chi connectivity index (χ2v) is 12.1. The Balaban J connectivity index is 1.37. The van der Waals surface area contributed by atoms with Crippen molar-refractivity contribution in [2.75, 3.05) is 0 Å². The summed E-state index contributed by atoms with van der Waals surface area (Å²) in [5, 5.41) is 17.1. The van der Waals surface area contributed by atoms with E-state index in [1.54, 1.807) is 0 Å². The summed E-state index contributed by atoms with van der Waals surface area (Å²) in [6.45, 7) is 0. The first-order valence-electron chi connectivity index (χ1n) is 15.8. The summed E-state index contributed by atoms with van der Waals surface area (Å²) in [4.78, 5) is 0. The molecule has 7 aromatic carbocycles. The van der Waals surface area contributed by atoms with Crippen molar-refractivity contribution in [2.45, 2.75) is 0 Å². The van der Waals surface area contributed by atoms with Crippen LogP contribution in [0.4, 0.5) is 0 Å². The third-order valence-corrected chi connectivity index (χ3v) is 9.64. The summed E-state index contributed by atoms with van der Waals surface area (Å²) in [7, 11) is 0. The number of nitriles is 1. The van der Waals surface area contributed by atoms with Crippen molar-refractivity contribution in [3.63, 3.8) is 0 Å². The molecule has 0 aliphatic heterocycles. The fourth-order valence-electron chi connectivity index (χ4n) is 7.71. The Kier molecular flexibility index (Phi) is 5.32. The van der Waals surface area contributed by atoms with E-state index in [1.165, 1.54) is 27.1 Å². The van der Waals surface area contributed by atoms with Crippen molar-refractivity contribution >= 4 is 65.4 Å². The molecule has 0 atom stereocenters. The monoisotopic (exact) mass is 598 g/mol. The molecule has 3 heterocycles. The number of hydrogen-bond donors (Lipinski definition) is 0. The molecule has 0 saturated carbocycles. The third kappa shape index (κ3) is 3.57. The SMILES string of the molecule is N#Cc1ccc2c(c1)c1c(ccc3c4ccccc4n(-c4ccccc4)c31)n2-c1ccc2c3ccccc3n(-c3ccccc3)c2c1. The zero-order chi connectivity index (χ0) is 31.1. The van der Waals surface area contributed by atoms with E-state index in [0.717, 1.165) is 55.4 Å². The maximum Gasteiger partial charge on any atom is 0.0991 e. The van der Waals surface area contributed by atoms with Crippen LogP contribution in [0, 0.1) is 11.3 Å². The maximum atomic E-state index is 10.0. The first-order chi connectivity index (χ1) is 23.3. The van der Waals surface area contributed by atoms with Crippen LogP contribution in [0.3, 0.4) is 0 Å². The molecule has 0 radical (unpaired) electrons. The van der Waals surface area contributed by atoms with Gasteiger partial charge in [-0.05, 0) is 72.8 Å². The van der Waals surface area contributed by atoms with Crippen LogP contribution in [0.25, 0.3) is 82.5 Å². The molecule has 218 valence electrons. The second kappa shape index (κ2) is 9.71. The molecular weight excluding hydrogens is 573 g/mol. The van der Waals surface area contributed by atoms with Crippen LogP contribution in [0.15, 0.2) is 158 Å². The molecule has 0 N–H and O–H groups in total. The van der Waals surface area contributed by atoms with E-state index in [2.05, 4.69) is 171 Å². The lowest BCUT2D eigenvalue weighted by Crippen LogP contribution is -1.97. The van der Waals surface area contributed by atoms with Gasteiger partial charge in [-0.1, -0.05) is 84.9 Å². The van der Waals surface area contributed by atoms with Crippen molar-refractivity contribution in [1.29, 1.82) is 5.26 Å². The Bertz CT molecular complexity index is 2900. The minimum atomic E-state index is 0.649. The second-order valence-electron chi connectivity index (χ2n) is 12.1. The maximum absolute atomic E-state index is 10.0. The molecule has 3 aromatic heterocycles. The van der Waals surface area contributed by atoms with E-state index in [9.17, 15) is 5.26 Å². The molecule has 0 aliphatic carbocycles. The molecular formula is C43H26N4. The van der Waals surface area contributed by atoms with E-state index in [4.69, 9.17) is 0 Å². The number of para-hydroxylation sites is 4. The minimum absolute atomic E-state index is 0.649. The molecule has 0 unspecified atom stereocenters. The van der Waals surface area contributed by atoms with Crippen molar-refractivity contribution < 1.29 is 0 Å². The van der Waals surface area contributed by atoms with Crippen LogP contribution in [0.2, 0.25) is 0 Å². The molecule has 0 bridgehead atoms. The van der Waals surface area contributed by atoms with Gasteiger partial charge in [0, 0.05) is 49.4 Å². The molecule has 10 aromatic rings. The molecule has 0 amide bonds. The van der Waals surface area contributed by atoms with Gasteiger partial charge in [-0.25, -0.2) is 0 Å². The summed E-state index contributed by atoms with van der Waals surface area (Å²) in [5.74, 6) is 0. The average Bonchev–Trinajstić information content (AvgIpc) is 3.77. The molecule has 0 spiro atoms. The van der Waals surface area contributed by atoms with Gasteiger partial charge in [0.15, 0.2) is 0 Å². The lowest BCUT2D eigenvalue weighted by Gasteiger charge is -2.12. The van der Waals surface area contributed by atoms with Gasteiger partial charge in [0.25, 0.3) is 0 Å². The van der Waals surface area contributed by atoms with Gasteiger partial charge in [0.2, 0.25) is 0 Å². The van der Waals surface area contributed by atoms with Crippen molar-refractivity contribution in [1.82, 2.24) is 13.7 Å². The highest BCUT2D eigenvalue weighted by atomic mass is 15.0. The number of benzene rings is 7. The molecule has 0 fully saturated rings. The number of rotatable bonds is 3. The Labute approximate surface area is 270 Å². The highest BCUT2D eigenvalue weighted by molar-refractivity contribution is 6.26. The topological polar surface area (TPSA) is 38.6 Å². The zero-order valence-corrected chi connectivity index (χ0v) is 25.3. The van der Waals surface area contributed by atoms with E-state index in [0.29, 0.717) is 5.56 Å². The lowest BCUT2D eigenvalue weighted by atomic mass is 10.1. The Morgan fingerprint density at radius 1 is 0.362 bits per heavy atom. The zero-order valence-electron chi connectivity index (χ0n) is 25.3. The Morgan fingerprint density at radius 2 is 0.894 bits per heavy atom. The fraction of sp³-hybridized carbons (Fsp3) is 0. The molecule has 47 heavy (non-hydrogen) atoms. The normalized spacial score (nSPS) is 11.8. The van der Waals surface area contributed by atoms with Gasteiger partial charge in [0.1, 0.15) is 0 Å². The predicted molar refractivity (Wildman–Crippen MR) is 194 cm³/mol. The van der Waals surface area contributed by atoms with Gasteiger partial charge < -0.3 is 13.7 Å². The number of fused-ring (bicyclic) bond motifs is 10. The predicted octanol–water partition coefficient (Wildman–Crippen LogP) is 10.8. The van der Waals surface area contributed by atoms with Crippen molar-refractivity contribution in [2.24, 2.45) is 0 Å². The number of hydrogen-bond acceptors (Lipinski definition) is 1. The van der Waals surface area contributed by atoms with Gasteiger partial charge >= 0.3 is 0 Å². The summed E-state index contributed by atoms with van der Waals surface area (Å²) in [6.07, 6.45) is 0. The summed E-state index contributed by atoms with van der Waals surface area (Å²) in [6, 6.07) is 58.2. The van der Waals surface area contributed by atoms with Crippen LogP contribution in [0.5, 0.6) is 0 Å². The highest BCUT2D eigenvalue weighted by Crippen LogP contribution is 2.43. The third-order valence-electron chi connectivity index (χ3n) is 9.64. The number of nitrogens with zero attached hydrogens (tertiary/aromatic N) is 4. The van der Waals surface area contributed by atoms with Gasteiger partial charge in [-0.3, -0.25) is 0 Å². The Morgan fingerprint density at radius 3 is 1.62 bits per heavy atom. The van der Waals surface area contributed by atoms with Gasteiger partial charge in [-0.15, -0.1) is 0 Å². The van der Waals surface area contributed by atoms with Crippen LogP contribution < -0.4 is 0 Å². The van der Waals surface area contributed by atoms with Crippen LogP contribution in [0.1, 0.15) is 5.56 Å². The first-order valence-corrected chi connectivity index (χ1v) is 15.8. The molecule has 0 aliphatic rings. The smallest absolute Gasteiger partial charge is 0.0991 e. The Hall–Kier alpha value is -6.57. The van der Waals surface area contributed by atoms with Crippen LogP contribution in [-0.2, 0) is 0 Å². The average molecular weight is 599 g/mol. The van der Waals surface area contributed by atoms with Crippen molar-refractivity contribution in [3.8, 4) is 23.1 Å².